The summed E-state index contributed by atoms with van der Waals surface area (Å²) in [7, 11) is 0. The van der Waals surface area contributed by atoms with Crippen molar-refractivity contribution >= 4 is 15.9 Å². The van der Waals surface area contributed by atoms with Crippen LogP contribution in [-0.4, -0.2) is 12.6 Å². The van der Waals surface area contributed by atoms with Crippen molar-refractivity contribution in [3.63, 3.8) is 0 Å². The summed E-state index contributed by atoms with van der Waals surface area (Å²) in [5.74, 6) is 0.577. The van der Waals surface area contributed by atoms with Gasteiger partial charge in [-0.2, -0.15) is 0 Å². The molecule has 1 aromatic rings. The van der Waals surface area contributed by atoms with Crippen LogP contribution in [0, 0.1) is 5.82 Å². The summed E-state index contributed by atoms with van der Waals surface area (Å²) < 4.78 is 20.2. The third kappa shape index (κ3) is 2.69. The normalized spacial score (nSPS) is 21.8. The van der Waals surface area contributed by atoms with Crippen LogP contribution in [0.25, 0.3) is 0 Å². The lowest BCUT2D eigenvalue weighted by atomic mass is 10.0. The van der Waals surface area contributed by atoms with Crippen molar-refractivity contribution in [3.8, 4) is 5.75 Å². The molecular weight excluding hydrogens is 297 g/mol. The van der Waals surface area contributed by atoms with Crippen LogP contribution in [0.15, 0.2) is 16.6 Å². The zero-order chi connectivity index (χ0) is 13.1. The monoisotopic (exact) mass is 315 g/mol. The van der Waals surface area contributed by atoms with Crippen molar-refractivity contribution < 1.29 is 9.13 Å². The quantitative estimate of drug-likeness (QED) is 0.879. The maximum atomic E-state index is 13.5. The summed E-state index contributed by atoms with van der Waals surface area (Å²) in [5, 5.41) is 3.46. The van der Waals surface area contributed by atoms with Crippen LogP contribution in [-0.2, 0) is 0 Å². The maximum absolute atomic E-state index is 13.5. The Morgan fingerprint density at radius 1 is 1.33 bits per heavy atom. The number of hydrogen-bond acceptors (Lipinski definition) is 2. The van der Waals surface area contributed by atoms with Crippen LogP contribution in [0.1, 0.15) is 44.7 Å². The molecule has 1 aromatic carbocycles. The second kappa shape index (κ2) is 6.02. The SMILES string of the molecule is CCCNC1c2cc(F)cc(Br)c2OC1CCC. The van der Waals surface area contributed by atoms with Crippen molar-refractivity contribution in [1.82, 2.24) is 5.32 Å². The highest BCUT2D eigenvalue weighted by Gasteiger charge is 2.35. The van der Waals surface area contributed by atoms with E-state index in [1.54, 1.807) is 6.07 Å². The van der Waals surface area contributed by atoms with Gasteiger partial charge in [0.05, 0.1) is 10.5 Å². The molecule has 0 amide bonds. The molecule has 0 fully saturated rings. The van der Waals surface area contributed by atoms with Gasteiger partial charge in [0, 0.05) is 5.56 Å². The van der Waals surface area contributed by atoms with Crippen LogP contribution >= 0.6 is 15.9 Å². The predicted octanol–water partition coefficient (Wildman–Crippen LogP) is 4.19. The topological polar surface area (TPSA) is 21.3 Å². The summed E-state index contributed by atoms with van der Waals surface area (Å²) in [6.07, 6.45) is 3.20. The van der Waals surface area contributed by atoms with Crippen LogP contribution in [0.3, 0.4) is 0 Å². The van der Waals surface area contributed by atoms with Gasteiger partial charge in [-0.25, -0.2) is 4.39 Å². The molecule has 18 heavy (non-hydrogen) atoms. The summed E-state index contributed by atoms with van der Waals surface area (Å²) in [4.78, 5) is 0. The molecule has 1 aliphatic rings. The van der Waals surface area contributed by atoms with E-state index in [2.05, 4.69) is 35.1 Å². The van der Waals surface area contributed by atoms with E-state index >= 15 is 0 Å². The van der Waals surface area contributed by atoms with E-state index in [-0.39, 0.29) is 18.0 Å². The molecule has 0 saturated heterocycles. The molecule has 2 nitrogen and oxygen atoms in total. The third-order valence-electron chi connectivity index (χ3n) is 3.20. The molecule has 1 heterocycles. The van der Waals surface area contributed by atoms with Crippen molar-refractivity contribution in [2.75, 3.05) is 6.54 Å². The Hall–Kier alpha value is -0.610. The average molecular weight is 316 g/mol. The molecule has 1 aliphatic heterocycles. The molecule has 0 aromatic heterocycles. The molecule has 0 saturated carbocycles. The molecule has 2 rings (SSSR count). The summed E-state index contributed by atoms with van der Waals surface area (Å²) in [5.41, 5.74) is 0.939. The number of benzene rings is 1. The van der Waals surface area contributed by atoms with E-state index in [1.807, 2.05) is 0 Å². The number of rotatable bonds is 5. The summed E-state index contributed by atoms with van der Waals surface area (Å²) in [6, 6.07) is 3.15. The van der Waals surface area contributed by atoms with Crippen molar-refractivity contribution in [2.45, 2.75) is 45.3 Å². The van der Waals surface area contributed by atoms with Crippen LogP contribution in [0.4, 0.5) is 4.39 Å². The second-order valence-corrected chi connectivity index (χ2v) is 5.54. The number of hydrogen-bond donors (Lipinski definition) is 1. The molecule has 1 N–H and O–H groups in total. The number of halogens is 2. The number of fused-ring (bicyclic) bond motifs is 1. The van der Waals surface area contributed by atoms with Crippen molar-refractivity contribution in [2.24, 2.45) is 0 Å². The van der Waals surface area contributed by atoms with Crippen LogP contribution in [0.5, 0.6) is 5.75 Å². The summed E-state index contributed by atoms with van der Waals surface area (Å²) >= 11 is 3.38. The number of ether oxygens (including phenoxy) is 1. The Kier molecular flexibility index (Phi) is 4.62. The minimum atomic E-state index is -0.218. The van der Waals surface area contributed by atoms with Gasteiger partial charge in [-0.3, -0.25) is 0 Å². The van der Waals surface area contributed by atoms with E-state index in [0.29, 0.717) is 4.47 Å². The maximum Gasteiger partial charge on any atom is 0.139 e. The standard InChI is InChI=1S/C14H19BrFNO/c1-3-5-12-13(17-6-4-2)10-7-9(16)8-11(15)14(10)18-12/h7-8,12-13,17H,3-6H2,1-2H3. The lowest BCUT2D eigenvalue weighted by Crippen LogP contribution is -2.31. The Labute approximate surface area is 116 Å². The van der Waals surface area contributed by atoms with Gasteiger partial charge in [-0.05, 0) is 47.4 Å². The van der Waals surface area contributed by atoms with Crippen LogP contribution in [0.2, 0.25) is 0 Å². The molecule has 0 radical (unpaired) electrons. The average Bonchev–Trinajstić information content (AvgIpc) is 2.65. The Balaban J connectivity index is 2.29. The first-order valence-electron chi connectivity index (χ1n) is 6.56. The molecule has 0 bridgehead atoms. The summed E-state index contributed by atoms with van der Waals surface area (Å²) in [6.45, 7) is 5.18. The molecule has 0 aliphatic carbocycles. The minimum Gasteiger partial charge on any atom is -0.487 e. The largest absolute Gasteiger partial charge is 0.487 e. The van der Waals surface area contributed by atoms with Gasteiger partial charge in [0.1, 0.15) is 17.7 Å². The van der Waals surface area contributed by atoms with E-state index < -0.39 is 0 Å². The van der Waals surface area contributed by atoms with Crippen molar-refractivity contribution in [3.05, 3.63) is 28.0 Å². The zero-order valence-electron chi connectivity index (χ0n) is 10.8. The van der Waals surface area contributed by atoms with Gasteiger partial charge >= 0.3 is 0 Å². The smallest absolute Gasteiger partial charge is 0.139 e. The number of nitrogens with one attached hydrogen (secondary N) is 1. The van der Waals surface area contributed by atoms with E-state index in [0.717, 1.165) is 37.1 Å². The highest BCUT2D eigenvalue weighted by atomic mass is 79.9. The van der Waals surface area contributed by atoms with Gasteiger partial charge in [-0.15, -0.1) is 0 Å². The van der Waals surface area contributed by atoms with Gasteiger partial charge in [0.25, 0.3) is 0 Å². The minimum absolute atomic E-state index is 0.104. The van der Waals surface area contributed by atoms with E-state index in [4.69, 9.17) is 4.74 Å². The fourth-order valence-electron chi connectivity index (χ4n) is 2.41. The molecule has 2 atom stereocenters. The second-order valence-electron chi connectivity index (χ2n) is 4.68. The lowest BCUT2D eigenvalue weighted by molar-refractivity contribution is 0.177. The third-order valence-corrected chi connectivity index (χ3v) is 3.79. The van der Waals surface area contributed by atoms with Gasteiger partial charge in [0.15, 0.2) is 0 Å². The zero-order valence-corrected chi connectivity index (χ0v) is 12.4. The van der Waals surface area contributed by atoms with Gasteiger partial charge in [0.2, 0.25) is 0 Å². The fraction of sp³-hybridized carbons (Fsp3) is 0.571. The van der Waals surface area contributed by atoms with E-state index in [1.165, 1.54) is 6.07 Å². The Bertz CT molecular complexity index is 425. The molecule has 2 unspecified atom stereocenters. The fourth-order valence-corrected chi connectivity index (χ4v) is 2.95. The molecule has 4 heteroatoms. The highest BCUT2D eigenvalue weighted by molar-refractivity contribution is 9.10. The Morgan fingerprint density at radius 2 is 2.11 bits per heavy atom. The first kappa shape index (κ1) is 13.8. The van der Waals surface area contributed by atoms with Gasteiger partial charge < -0.3 is 10.1 Å². The Morgan fingerprint density at radius 3 is 2.78 bits per heavy atom. The first-order valence-corrected chi connectivity index (χ1v) is 7.35. The van der Waals surface area contributed by atoms with Crippen molar-refractivity contribution in [1.29, 1.82) is 0 Å². The first-order chi connectivity index (χ1) is 8.67. The highest BCUT2D eigenvalue weighted by Crippen LogP contribution is 2.43. The van der Waals surface area contributed by atoms with E-state index in [9.17, 15) is 4.39 Å². The lowest BCUT2D eigenvalue weighted by Gasteiger charge is -2.19. The molecular formula is C14H19BrFNO. The molecule has 0 spiro atoms. The molecule has 100 valence electrons. The predicted molar refractivity (Wildman–Crippen MR) is 74.5 cm³/mol. The van der Waals surface area contributed by atoms with Gasteiger partial charge in [-0.1, -0.05) is 20.3 Å². The van der Waals surface area contributed by atoms with Crippen LogP contribution < -0.4 is 10.1 Å².